The van der Waals surface area contributed by atoms with Crippen LogP contribution in [0.4, 0.5) is 5.69 Å². The van der Waals surface area contributed by atoms with Crippen molar-refractivity contribution in [2.45, 2.75) is 32.4 Å². The molecule has 2 unspecified atom stereocenters. The normalized spacial score (nSPS) is 21.3. The maximum atomic E-state index is 6.15. The molecule has 0 aliphatic carbocycles. The zero-order valence-electron chi connectivity index (χ0n) is 12.1. The van der Waals surface area contributed by atoms with Crippen LogP contribution in [0.3, 0.4) is 0 Å². The average Bonchev–Trinajstić information content (AvgIpc) is 2.46. The van der Waals surface area contributed by atoms with Gasteiger partial charge in [-0.25, -0.2) is 0 Å². The lowest BCUT2D eigenvalue weighted by Crippen LogP contribution is -2.45. The molecule has 1 saturated heterocycles. The molecular formula is C15H24N2O2. The molecular weight excluding hydrogens is 240 g/mol. The number of nitrogens with zero attached hydrogens (tertiary/aromatic N) is 1. The van der Waals surface area contributed by atoms with E-state index in [2.05, 4.69) is 17.9 Å². The van der Waals surface area contributed by atoms with Crippen molar-refractivity contribution in [3.8, 4) is 5.75 Å². The van der Waals surface area contributed by atoms with Gasteiger partial charge in [0.25, 0.3) is 0 Å². The zero-order chi connectivity index (χ0) is 13.8. The third-order valence-corrected chi connectivity index (χ3v) is 3.73. The number of hydrogen-bond acceptors (Lipinski definition) is 4. The maximum Gasteiger partial charge on any atom is 0.125 e. The van der Waals surface area contributed by atoms with Crippen LogP contribution < -0.4 is 15.4 Å². The van der Waals surface area contributed by atoms with Gasteiger partial charge in [0.1, 0.15) is 5.75 Å². The summed E-state index contributed by atoms with van der Waals surface area (Å²) in [5, 5.41) is 0. The van der Waals surface area contributed by atoms with Crippen LogP contribution >= 0.6 is 0 Å². The van der Waals surface area contributed by atoms with Crippen LogP contribution in [-0.4, -0.2) is 32.9 Å². The van der Waals surface area contributed by atoms with Gasteiger partial charge in [-0.1, -0.05) is 13.0 Å². The Morgan fingerprint density at radius 3 is 2.95 bits per heavy atom. The smallest absolute Gasteiger partial charge is 0.125 e. The number of anilines is 1. The van der Waals surface area contributed by atoms with Gasteiger partial charge in [0.15, 0.2) is 0 Å². The highest BCUT2D eigenvalue weighted by Gasteiger charge is 2.25. The van der Waals surface area contributed by atoms with Crippen molar-refractivity contribution in [1.29, 1.82) is 0 Å². The molecule has 1 aliphatic heterocycles. The molecule has 0 spiro atoms. The third kappa shape index (κ3) is 2.85. The Hall–Kier alpha value is -1.26. The molecule has 2 atom stereocenters. The number of nitrogens with two attached hydrogens (primary N) is 1. The number of rotatable bonds is 4. The summed E-state index contributed by atoms with van der Waals surface area (Å²) in [5.41, 5.74) is 8.42. The minimum Gasteiger partial charge on any atom is -0.496 e. The van der Waals surface area contributed by atoms with E-state index in [1.807, 2.05) is 19.1 Å². The molecule has 2 rings (SSSR count). The van der Waals surface area contributed by atoms with E-state index in [4.69, 9.17) is 15.2 Å². The Bertz CT molecular complexity index is 421. The molecule has 0 amide bonds. The lowest BCUT2D eigenvalue weighted by atomic mass is 10.0. The Morgan fingerprint density at radius 2 is 2.32 bits per heavy atom. The minimum atomic E-state index is -0.0495. The van der Waals surface area contributed by atoms with E-state index in [0.29, 0.717) is 6.04 Å². The van der Waals surface area contributed by atoms with E-state index in [1.54, 1.807) is 7.11 Å². The first-order valence-corrected chi connectivity index (χ1v) is 6.95. The van der Waals surface area contributed by atoms with E-state index in [-0.39, 0.29) is 6.04 Å². The molecule has 0 radical (unpaired) electrons. The summed E-state index contributed by atoms with van der Waals surface area (Å²) < 4.78 is 11.0. The highest BCUT2D eigenvalue weighted by Crippen LogP contribution is 2.35. The molecule has 4 nitrogen and oxygen atoms in total. The summed E-state index contributed by atoms with van der Waals surface area (Å²) in [7, 11) is 1.70. The van der Waals surface area contributed by atoms with Gasteiger partial charge in [0.05, 0.1) is 26.4 Å². The second kappa shape index (κ2) is 6.26. The molecule has 0 bridgehead atoms. The van der Waals surface area contributed by atoms with Crippen LogP contribution in [0.15, 0.2) is 18.2 Å². The predicted octanol–water partition coefficient (Wildman–Crippen LogP) is 2.33. The summed E-state index contributed by atoms with van der Waals surface area (Å²) in [6, 6.07) is 6.51. The predicted molar refractivity (Wildman–Crippen MR) is 77.8 cm³/mol. The third-order valence-electron chi connectivity index (χ3n) is 3.73. The fourth-order valence-electron chi connectivity index (χ4n) is 2.73. The van der Waals surface area contributed by atoms with Crippen molar-refractivity contribution < 1.29 is 9.47 Å². The molecule has 1 heterocycles. The van der Waals surface area contributed by atoms with Crippen molar-refractivity contribution in [3.05, 3.63) is 23.8 Å². The van der Waals surface area contributed by atoms with Gasteiger partial charge in [0.2, 0.25) is 0 Å². The monoisotopic (exact) mass is 264 g/mol. The Kier molecular flexibility index (Phi) is 4.66. The summed E-state index contributed by atoms with van der Waals surface area (Å²) in [5.74, 6) is 0.869. The van der Waals surface area contributed by atoms with Crippen LogP contribution in [0.5, 0.6) is 5.75 Å². The number of methoxy groups -OCH3 is 1. The first kappa shape index (κ1) is 14.2. The van der Waals surface area contributed by atoms with E-state index in [9.17, 15) is 0 Å². The van der Waals surface area contributed by atoms with Crippen LogP contribution in [-0.2, 0) is 4.74 Å². The first-order valence-electron chi connectivity index (χ1n) is 6.95. The summed E-state index contributed by atoms with van der Waals surface area (Å²) in [6.45, 7) is 6.66. The van der Waals surface area contributed by atoms with Crippen molar-refractivity contribution in [2.24, 2.45) is 5.73 Å². The minimum absolute atomic E-state index is 0.0495. The molecule has 4 heteroatoms. The van der Waals surface area contributed by atoms with Crippen molar-refractivity contribution in [2.75, 3.05) is 31.8 Å². The van der Waals surface area contributed by atoms with Gasteiger partial charge < -0.3 is 20.1 Å². The van der Waals surface area contributed by atoms with Gasteiger partial charge >= 0.3 is 0 Å². The number of hydrogen-bond donors (Lipinski definition) is 1. The quantitative estimate of drug-likeness (QED) is 0.906. The largest absolute Gasteiger partial charge is 0.496 e. The standard InChI is InChI=1S/C15H24N2O2/c1-4-12-10-19-9-8-17(12)13-6-5-7-14(18-3)15(13)11(2)16/h5-7,11-12H,4,8-10,16H2,1-3H3. The molecule has 106 valence electrons. The fraction of sp³-hybridized carbons (Fsp3) is 0.600. The Labute approximate surface area is 115 Å². The van der Waals surface area contributed by atoms with Gasteiger partial charge in [0, 0.05) is 23.8 Å². The van der Waals surface area contributed by atoms with Crippen LogP contribution in [0.25, 0.3) is 0 Å². The molecule has 1 aromatic rings. The van der Waals surface area contributed by atoms with Gasteiger partial charge in [-0.3, -0.25) is 0 Å². The van der Waals surface area contributed by atoms with Crippen molar-refractivity contribution in [1.82, 2.24) is 0 Å². The van der Waals surface area contributed by atoms with Crippen LogP contribution in [0, 0.1) is 0 Å². The SMILES string of the molecule is CCC1COCCN1c1cccc(OC)c1C(C)N. The first-order chi connectivity index (χ1) is 9.19. The van der Waals surface area contributed by atoms with Crippen LogP contribution in [0.2, 0.25) is 0 Å². The van der Waals surface area contributed by atoms with E-state index in [1.165, 1.54) is 5.69 Å². The molecule has 1 fully saturated rings. The molecule has 19 heavy (non-hydrogen) atoms. The highest BCUT2D eigenvalue weighted by atomic mass is 16.5. The zero-order valence-corrected chi connectivity index (χ0v) is 12.1. The summed E-state index contributed by atoms with van der Waals surface area (Å²) in [6.07, 6.45) is 1.07. The Morgan fingerprint density at radius 1 is 1.53 bits per heavy atom. The van der Waals surface area contributed by atoms with Crippen molar-refractivity contribution >= 4 is 5.69 Å². The lowest BCUT2D eigenvalue weighted by Gasteiger charge is -2.38. The molecule has 1 aromatic carbocycles. The van der Waals surface area contributed by atoms with E-state index < -0.39 is 0 Å². The van der Waals surface area contributed by atoms with Gasteiger partial charge in [-0.05, 0) is 25.5 Å². The van der Waals surface area contributed by atoms with E-state index >= 15 is 0 Å². The maximum absolute atomic E-state index is 6.15. The molecule has 1 aliphatic rings. The summed E-state index contributed by atoms with van der Waals surface area (Å²) >= 11 is 0. The fourth-order valence-corrected chi connectivity index (χ4v) is 2.73. The number of ether oxygens (including phenoxy) is 2. The van der Waals surface area contributed by atoms with Gasteiger partial charge in [-0.15, -0.1) is 0 Å². The second-order valence-corrected chi connectivity index (χ2v) is 5.01. The number of benzene rings is 1. The Balaban J connectivity index is 2.42. The highest BCUT2D eigenvalue weighted by molar-refractivity contribution is 5.61. The average molecular weight is 264 g/mol. The molecule has 2 N–H and O–H groups in total. The molecule has 0 saturated carbocycles. The summed E-state index contributed by atoms with van der Waals surface area (Å²) in [4.78, 5) is 2.41. The van der Waals surface area contributed by atoms with Crippen molar-refractivity contribution in [3.63, 3.8) is 0 Å². The molecule has 0 aromatic heterocycles. The van der Waals surface area contributed by atoms with E-state index in [0.717, 1.165) is 37.5 Å². The second-order valence-electron chi connectivity index (χ2n) is 5.01. The topological polar surface area (TPSA) is 47.7 Å². The lowest BCUT2D eigenvalue weighted by molar-refractivity contribution is 0.0928. The van der Waals surface area contributed by atoms with Crippen LogP contribution in [0.1, 0.15) is 31.9 Å². The number of morpholine rings is 1. The van der Waals surface area contributed by atoms with Gasteiger partial charge in [-0.2, -0.15) is 0 Å².